The van der Waals surface area contributed by atoms with Gasteiger partial charge in [0.15, 0.2) is 5.78 Å². The molecule has 1 saturated carbocycles. The first-order chi connectivity index (χ1) is 10.3. The maximum atomic E-state index is 13.3. The van der Waals surface area contributed by atoms with Crippen molar-refractivity contribution in [2.45, 2.75) is 69.6 Å². The SMILES string of the molecule is O=C(/C1=C/CCCCCC1)C1(c2ccccc2)CCCC1. The van der Waals surface area contributed by atoms with E-state index in [0.29, 0.717) is 5.78 Å². The van der Waals surface area contributed by atoms with Crippen molar-refractivity contribution in [3.8, 4) is 0 Å². The van der Waals surface area contributed by atoms with E-state index >= 15 is 0 Å². The van der Waals surface area contributed by atoms with E-state index in [1.165, 1.54) is 44.1 Å². The van der Waals surface area contributed by atoms with E-state index in [9.17, 15) is 4.79 Å². The highest BCUT2D eigenvalue weighted by molar-refractivity contribution is 6.03. The van der Waals surface area contributed by atoms with Crippen LogP contribution in [0, 0.1) is 0 Å². The van der Waals surface area contributed by atoms with Gasteiger partial charge >= 0.3 is 0 Å². The van der Waals surface area contributed by atoms with Gasteiger partial charge in [-0.25, -0.2) is 0 Å². The summed E-state index contributed by atoms with van der Waals surface area (Å²) in [6.45, 7) is 0. The Balaban J connectivity index is 1.92. The van der Waals surface area contributed by atoms with E-state index in [1.807, 2.05) is 6.07 Å². The van der Waals surface area contributed by atoms with Crippen molar-refractivity contribution in [2.24, 2.45) is 0 Å². The maximum absolute atomic E-state index is 13.3. The molecule has 0 N–H and O–H groups in total. The smallest absolute Gasteiger partial charge is 0.169 e. The first-order valence-electron chi connectivity index (χ1n) is 8.62. The van der Waals surface area contributed by atoms with Crippen LogP contribution in [-0.2, 0) is 10.2 Å². The number of benzene rings is 1. The van der Waals surface area contributed by atoms with Crippen LogP contribution in [0.1, 0.15) is 69.8 Å². The molecule has 1 heteroatoms. The van der Waals surface area contributed by atoms with Crippen LogP contribution < -0.4 is 0 Å². The Bertz CT molecular complexity index is 506. The Kier molecular flexibility index (Phi) is 4.57. The summed E-state index contributed by atoms with van der Waals surface area (Å²) in [6.07, 6.45) is 13.8. The van der Waals surface area contributed by atoms with Crippen LogP contribution >= 0.6 is 0 Å². The Labute approximate surface area is 128 Å². The molecular formula is C20H26O. The molecule has 1 fully saturated rings. The number of hydrogen-bond acceptors (Lipinski definition) is 1. The molecule has 2 aliphatic carbocycles. The van der Waals surface area contributed by atoms with Gasteiger partial charge in [0.1, 0.15) is 0 Å². The number of rotatable bonds is 3. The summed E-state index contributed by atoms with van der Waals surface area (Å²) in [5.74, 6) is 0.438. The van der Waals surface area contributed by atoms with Gasteiger partial charge in [0.25, 0.3) is 0 Å². The van der Waals surface area contributed by atoms with Crippen molar-refractivity contribution in [1.82, 2.24) is 0 Å². The third kappa shape index (κ3) is 2.97. The van der Waals surface area contributed by atoms with Crippen molar-refractivity contribution < 1.29 is 4.79 Å². The van der Waals surface area contributed by atoms with E-state index in [0.717, 1.165) is 31.3 Å². The molecule has 1 aromatic rings. The molecule has 21 heavy (non-hydrogen) atoms. The van der Waals surface area contributed by atoms with E-state index in [2.05, 4.69) is 30.3 Å². The fraction of sp³-hybridized carbons (Fsp3) is 0.550. The zero-order valence-corrected chi connectivity index (χ0v) is 12.9. The molecule has 2 aliphatic rings. The molecule has 0 bridgehead atoms. The van der Waals surface area contributed by atoms with Crippen LogP contribution in [-0.4, -0.2) is 5.78 Å². The molecule has 0 amide bonds. The molecule has 0 aliphatic heterocycles. The summed E-state index contributed by atoms with van der Waals surface area (Å²) in [5.41, 5.74) is 2.16. The zero-order valence-electron chi connectivity index (χ0n) is 12.9. The largest absolute Gasteiger partial charge is 0.294 e. The molecule has 0 atom stereocenters. The number of ketones is 1. The van der Waals surface area contributed by atoms with Crippen LogP contribution in [0.5, 0.6) is 0 Å². The molecule has 0 spiro atoms. The van der Waals surface area contributed by atoms with E-state index in [1.54, 1.807) is 0 Å². The number of hydrogen-bond donors (Lipinski definition) is 0. The topological polar surface area (TPSA) is 17.1 Å². The van der Waals surface area contributed by atoms with Crippen LogP contribution in [0.4, 0.5) is 0 Å². The lowest BCUT2D eigenvalue weighted by Gasteiger charge is -2.30. The second-order valence-electron chi connectivity index (χ2n) is 6.67. The fourth-order valence-electron chi connectivity index (χ4n) is 4.09. The molecule has 3 rings (SSSR count). The summed E-state index contributed by atoms with van der Waals surface area (Å²) in [7, 11) is 0. The third-order valence-corrected chi connectivity index (χ3v) is 5.30. The van der Waals surface area contributed by atoms with Crippen LogP contribution in [0.25, 0.3) is 0 Å². The van der Waals surface area contributed by atoms with Gasteiger partial charge in [0.05, 0.1) is 5.41 Å². The van der Waals surface area contributed by atoms with Crippen molar-refractivity contribution in [1.29, 1.82) is 0 Å². The first-order valence-corrected chi connectivity index (χ1v) is 8.62. The lowest BCUT2D eigenvalue weighted by atomic mass is 9.72. The van der Waals surface area contributed by atoms with Crippen LogP contribution in [0.3, 0.4) is 0 Å². The predicted octanol–water partition coefficient (Wildman–Crippen LogP) is 5.35. The highest BCUT2D eigenvalue weighted by Gasteiger charge is 2.43. The second-order valence-corrected chi connectivity index (χ2v) is 6.67. The summed E-state index contributed by atoms with van der Waals surface area (Å²) < 4.78 is 0. The fourth-order valence-corrected chi connectivity index (χ4v) is 4.09. The number of allylic oxidation sites excluding steroid dienone is 2. The van der Waals surface area contributed by atoms with Gasteiger partial charge in [-0.2, -0.15) is 0 Å². The van der Waals surface area contributed by atoms with Gasteiger partial charge < -0.3 is 0 Å². The second kappa shape index (κ2) is 6.60. The highest BCUT2D eigenvalue weighted by atomic mass is 16.1. The summed E-state index contributed by atoms with van der Waals surface area (Å²) in [5, 5.41) is 0. The summed E-state index contributed by atoms with van der Waals surface area (Å²) >= 11 is 0. The Morgan fingerprint density at radius 1 is 0.857 bits per heavy atom. The van der Waals surface area contributed by atoms with Gasteiger partial charge in [-0.3, -0.25) is 4.79 Å². The van der Waals surface area contributed by atoms with Gasteiger partial charge in [0, 0.05) is 0 Å². The van der Waals surface area contributed by atoms with Crippen LogP contribution in [0.2, 0.25) is 0 Å². The average molecular weight is 282 g/mol. The molecule has 1 aromatic carbocycles. The standard InChI is InChI=1S/C20H26O/c21-19(17-11-5-2-1-3-6-12-17)20(15-9-10-16-20)18-13-7-4-8-14-18/h4,7-8,11,13-14H,1-3,5-6,9-10,12,15-16H2/b17-11+. The minimum absolute atomic E-state index is 0.216. The Morgan fingerprint density at radius 3 is 2.33 bits per heavy atom. The Hall–Kier alpha value is -1.37. The molecule has 0 saturated heterocycles. The van der Waals surface area contributed by atoms with Crippen molar-refractivity contribution >= 4 is 5.78 Å². The predicted molar refractivity (Wildman–Crippen MR) is 87.4 cm³/mol. The van der Waals surface area contributed by atoms with E-state index < -0.39 is 0 Å². The lowest BCUT2D eigenvalue weighted by Crippen LogP contribution is -2.34. The molecule has 0 aromatic heterocycles. The third-order valence-electron chi connectivity index (χ3n) is 5.30. The van der Waals surface area contributed by atoms with E-state index in [4.69, 9.17) is 0 Å². The van der Waals surface area contributed by atoms with Crippen LogP contribution in [0.15, 0.2) is 42.0 Å². The van der Waals surface area contributed by atoms with Gasteiger partial charge in [-0.15, -0.1) is 0 Å². The van der Waals surface area contributed by atoms with Gasteiger partial charge in [0.2, 0.25) is 0 Å². The number of Topliss-reactive ketones (excluding diaryl/α,β-unsaturated/α-hetero) is 1. The first kappa shape index (κ1) is 14.6. The van der Waals surface area contributed by atoms with Crippen molar-refractivity contribution in [3.05, 3.63) is 47.5 Å². The van der Waals surface area contributed by atoms with Crippen molar-refractivity contribution in [2.75, 3.05) is 0 Å². The molecular weight excluding hydrogens is 256 g/mol. The molecule has 112 valence electrons. The zero-order chi connectivity index (χ0) is 14.5. The van der Waals surface area contributed by atoms with Crippen molar-refractivity contribution in [3.63, 3.8) is 0 Å². The number of carbonyl (C=O) groups is 1. The minimum Gasteiger partial charge on any atom is -0.294 e. The monoisotopic (exact) mass is 282 g/mol. The summed E-state index contributed by atoms with van der Waals surface area (Å²) in [4.78, 5) is 13.3. The highest BCUT2D eigenvalue weighted by Crippen LogP contribution is 2.44. The van der Waals surface area contributed by atoms with Gasteiger partial charge in [-0.1, -0.05) is 62.1 Å². The minimum atomic E-state index is -0.216. The normalized spacial score (nSPS) is 24.7. The molecule has 0 radical (unpaired) electrons. The molecule has 0 unspecified atom stereocenters. The Morgan fingerprint density at radius 2 is 1.57 bits per heavy atom. The van der Waals surface area contributed by atoms with Gasteiger partial charge in [-0.05, 0) is 49.7 Å². The molecule has 0 heterocycles. The maximum Gasteiger partial charge on any atom is 0.169 e. The average Bonchev–Trinajstić information content (AvgIpc) is 2.98. The quantitative estimate of drug-likeness (QED) is 0.730. The molecule has 1 nitrogen and oxygen atoms in total. The lowest BCUT2D eigenvalue weighted by molar-refractivity contribution is -0.121. The number of carbonyl (C=O) groups excluding carboxylic acids is 1. The summed E-state index contributed by atoms with van der Waals surface area (Å²) in [6, 6.07) is 10.5. The van der Waals surface area contributed by atoms with E-state index in [-0.39, 0.29) is 5.41 Å².